The second-order valence-electron chi connectivity index (χ2n) is 34.0. The summed E-state index contributed by atoms with van der Waals surface area (Å²) in [7, 11) is 0. The van der Waals surface area contributed by atoms with Crippen LogP contribution in [0, 0.1) is 0 Å². The minimum Gasteiger partial charge on any atom is -0.436 e. The Hall–Kier alpha value is -16.4. The van der Waals surface area contributed by atoms with Crippen molar-refractivity contribution >= 4 is 196 Å². The molecule has 0 N–H and O–H groups in total. The maximum Gasteiger partial charge on any atom is 0.247 e. The number of hydrogen-bond donors (Lipinski definition) is 0. The van der Waals surface area contributed by atoms with Gasteiger partial charge in [0.1, 0.15) is 22.5 Å². The Labute approximate surface area is 708 Å². The van der Waals surface area contributed by atoms with E-state index in [9.17, 15) is 0 Å². The normalized spacial score (nSPS) is 13.8. The quantitative estimate of drug-likeness (QED) is 0.142. The average Bonchev–Trinajstić information content (AvgIpc) is 1.52. The molecule has 0 spiro atoms. The molecule has 0 fully saturated rings. The fourth-order valence-electron chi connectivity index (χ4n) is 22.2. The second kappa shape index (κ2) is 25.1. The summed E-state index contributed by atoms with van der Waals surface area (Å²) in [4.78, 5) is 24.3. The summed E-state index contributed by atoms with van der Waals surface area (Å²) in [6, 6.07) is 141. The molecule has 9 nitrogen and oxygen atoms in total. The molecule has 0 saturated carbocycles. The number of nitrogens with zero attached hydrogens (tertiary/aromatic N) is 8. The van der Waals surface area contributed by atoms with Crippen molar-refractivity contribution in [2.45, 2.75) is 18.8 Å². The van der Waals surface area contributed by atoms with Crippen LogP contribution < -0.4 is 0 Å². The standard InChI is InChI=1S/C115H68N8O/c1-115(93-44-22-18-42-86(93)107-111(115)116-105(69-51-58-96-91(63-69)80-39-19-23-45-94(80)120(96)71-28-4-2-5-29-71)112(117-107)122-98-60-56-83-77-36-13-12-34-75(77)76-35-16-17-41-82(76)101(83)103(98)88-54-49-67-26-8-10-32-73(67)109(88)122)65-66-48-53-85-90(62-66)79-38-15-14-37-78(79)84-57-61-99-104(102(84)85)89-55-50-68-27-9-11-33-74(68)110(89)123(99)113-106(119-114-108(118-113)87-43-21-25-47-100(87)124-114)70-52-59-97-92(64-70)81-40-20-24-46-95(81)121(97)72-30-6-3-7-31-72/h2-64H,65H2,1H3. The lowest BCUT2D eigenvalue weighted by Gasteiger charge is -2.27. The van der Waals surface area contributed by atoms with Crippen molar-refractivity contribution in [3.05, 3.63) is 399 Å². The molecule has 20 aromatic carbocycles. The molecule has 27 aromatic rings. The number of rotatable bonds is 8. The van der Waals surface area contributed by atoms with Crippen molar-refractivity contribution in [3.63, 3.8) is 0 Å². The molecular weight excluding hydrogens is 1510 g/mol. The third-order valence-corrected chi connectivity index (χ3v) is 27.5. The Morgan fingerprint density at radius 3 is 1.25 bits per heavy atom. The molecule has 1 atom stereocenters. The molecular formula is C115H68N8O. The van der Waals surface area contributed by atoms with E-state index < -0.39 is 5.41 Å². The van der Waals surface area contributed by atoms with Crippen LogP contribution in [0.2, 0.25) is 0 Å². The molecule has 0 bridgehead atoms. The highest BCUT2D eigenvalue weighted by atomic mass is 16.3. The van der Waals surface area contributed by atoms with Crippen LogP contribution in [0.5, 0.6) is 0 Å². The molecule has 0 amide bonds. The van der Waals surface area contributed by atoms with E-state index in [1.807, 2.05) is 12.1 Å². The molecule has 1 aliphatic carbocycles. The molecule has 124 heavy (non-hydrogen) atoms. The van der Waals surface area contributed by atoms with Crippen LogP contribution in [0.3, 0.4) is 0 Å². The maximum atomic E-state index is 6.74. The van der Waals surface area contributed by atoms with Crippen molar-refractivity contribution in [2.24, 2.45) is 0 Å². The van der Waals surface area contributed by atoms with E-state index in [1.54, 1.807) is 0 Å². The van der Waals surface area contributed by atoms with E-state index in [1.165, 1.54) is 86.5 Å². The van der Waals surface area contributed by atoms with Gasteiger partial charge in [0.2, 0.25) is 5.71 Å². The Morgan fingerprint density at radius 2 is 0.677 bits per heavy atom. The van der Waals surface area contributed by atoms with Gasteiger partial charge >= 0.3 is 0 Å². The molecule has 1 unspecified atom stereocenters. The third-order valence-electron chi connectivity index (χ3n) is 27.5. The van der Waals surface area contributed by atoms with E-state index in [4.69, 9.17) is 24.4 Å². The van der Waals surface area contributed by atoms with Crippen LogP contribution in [-0.4, -0.2) is 38.2 Å². The lowest BCUT2D eigenvalue weighted by atomic mass is 9.77. The first-order chi connectivity index (χ1) is 61.4. The summed E-state index contributed by atoms with van der Waals surface area (Å²) in [5, 5.41) is 29.1. The minimum absolute atomic E-state index is 0.485. The van der Waals surface area contributed by atoms with E-state index in [0.717, 1.165) is 160 Å². The monoisotopic (exact) mass is 1580 g/mol. The number of aromatic nitrogens is 8. The van der Waals surface area contributed by atoms with Crippen molar-refractivity contribution < 1.29 is 4.42 Å². The van der Waals surface area contributed by atoms with Crippen LogP contribution in [0.25, 0.3) is 252 Å². The highest BCUT2D eigenvalue weighted by Gasteiger charge is 2.44. The largest absolute Gasteiger partial charge is 0.436 e. The highest BCUT2D eigenvalue weighted by molar-refractivity contribution is 6.39. The van der Waals surface area contributed by atoms with Crippen LogP contribution in [-0.2, 0) is 11.8 Å². The lowest BCUT2D eigenvalue weighted by molar-refractivity contribution is 0.564. The molecule has 0 aliphatic heterocycles. The van der Waals surface area contributed by atoms with E-state index >= 15 is 0 Å². The molecule has 0 radical (unpaired) electrons. The first-order valence-electron chi connectivity index (χ1n) is 42.7. The molecule has 574 valence electrons. The Balaban J connectivity index is 0.684. The zero-order valence-corrected chi connectivity index (χ0v) is 67.1. The number of furan rings is 1. The topological polar surface area (TPSA) is 84.4 Å². The van der Waals surface area contributed by atoms with Gasteiger partial charge in [0.05, 0.1) is 55.5 Å². The van der Waals surface area contributed by atoms with Gasteiger partial charge in [-0.25, -0.2) is 19.9 Å². The Kier molecular flexibility index (Phi) is 13.7. The molecule has 7 heterocycles. The number of benzene rings is 20. The Morgan fingerprint density at radius 1 is 0.266 bits per heavy atom. The zero-order valence-electron chi connectivity index (χ0n) is 67.1. The first kappa shape index (κ1) is 67.5. The SMILES string of the molecule is CC1(Cc2ccc3c(c2)c2ccccc2c2ccc4c(c5ccc6ccccc6c5n4-c4nc5c(nc4-c4ccc6c(c4)c4ccccc4n6-c4ccccc4)oc4ccccc45)c23)c2ccccc2-c2nc(-n3c4ccc5c6ccccc6c6ccccc6c5c4c4ccc5ccccc5c43)c(-c3ccc4c(c3)c3ccccc3n4-c3ccccc3)nc21. The van der Waals surface area contributed by atoms with Gasteiger partial charge in [0.25, 0.3) is 0 Å². The summed E-state index contributed by atoms with van der Waals surface area (Å²) in [5.74, 6) is 1.49. The van der Waals surface area contributed by atoms with Gasteiger partial charge < -0.3 is 13.6 Å². The number of para-hydroxylation sites is 5. The van der Waals surface area contributed by atoms with Crippen molar-refractivity contribution in [2.75, 3.05) is 0 Å². The predicted octanol–water partition coefficient (Wildman–Crippen LogP) is 29.6. The van der Waals surface area contributed by atoms with Crippen molar-refractivity contribution in [1.29, 1.82) is 0 Å². The van der Waals surface area contributed by atoms with Crippen molar-refractivity contribution in [3.8, 4) is 56.8 Å². The summed E-state index contributed by atoms with van der Waals surface area (Å²) >= 11 is 0. The van der Waals surface area contributed by atoms with Crippen molar-refractivity contribution in [1.82, 2.24) is 38.2 Å². The summed E-state index contributed by atoms with van der Waals surface area (Å²) < 4.78 is 16.4. The zero-order chi connectivity index (χ0) is 80.9. The second-order valence-corrected chi connectivity index (χ2v) is 34.0. The van der Waals surface area contributed by atoms with E-state index in [0.29, 0.717) is 29.2 Å². The smallest absolute Gasteiger partial charge is 0.247 e. The summed E-state index contributed by atoms with van der Waals surface area (Å²) in [6.45, 7) is 2.43. The highest BCUT2D eigenvalue weighted by Crippen LogP contribution is 2.55. The Bertz CT molecular complexity index is 9420. The summed E-state index contributed by atoms with van der Waals surface area (Å²) in [5.41, 5.74) is 20.9. The number of fused-ring (bicyclic) bond motifs is 36. The predicted molar refractivity (Wildman–Crippen MR) is 515 cm³/mol. The van der Waals surface area contributed by atoms with Gasteiger partial charge in [-0.3, -0.25) is 9.13 Å². The fraction of sp³-hybridized carbons (Fsp3) is 0.0261. The van der Waals surface area contributed by atoms with Crippen LogP contribution >= 0.6 is 0 Å². The van der Waals surface area contributed by atoms with Gasteiger partial charge in [0.15, 0.2) is 11.6 Å². The van der Waals surface area contributed by atoms with Crippen LogP contribution in [0.15, 0.2) is 387 Å². The number of hydrogen-bond acceptors (Lipinski definition) is 5. The molecule has 7 aromatic heterocycles. The van der Waals surface area contributed by atoms with Gasteiger partial charge in [0, 0.05) is 104 Å². The molecule has 1 aliphatic rings. The van der Waals surface area contributed by atoms with Crippen LogP contribution in [0.1, 0.15) is 23.7 Å². The van der Waals surface area contributed by atoms with Gasteiger partial charge in [-0.2, -0.15) is 0 Å². The van der Waals surface area contributed by atoms with Crippen LogP contribution in [0.4, 0.5) is 0 Å². The minimum atomic E-state index is -0.685. The van der Waals surface area contributed by atoms with E-state index in [2.05, 4.69) is 395 Å². The third kappa shape index (κ3) is 9.20. The molecule has 28 rings (SSSR count). The van der Waals surface area contributed by atoms with Gasteiger partial charge in [-0.15, -0.1) is 0 Å². The van der Waals surface area contributed by atoms with E-state index in [-0.39, 0.29) is 0 Å². The summed E-state index contributed by atoms with van der Waals surface area (Å²) in [6.07, 6.45) is 0.629. The average molecular weight is 1580 g/mol. The fourth-order valence-corrected chi connectivity index (χ4v) is 22.2. The lowest BCUT2D eigenvalue weighted by Crippen LogP contribution is -2.26. The first-order valence-corrected chi connectivity index (χ1v) is 42.7. The molecule has 0 saturated heterocycles. The molecule has 9 heteroatoms. The maximum absolute atomic E-state index is 6.74. The van der Waals surface area contributed by atoms with Gasteiger partial charge in [-0.1, -0.05) is 297 Å². The van der Waals surface area contributed by atoms with Gasteiger partial charge in [-0.05, 0) is 174 Å².